The molecule has 3 N–H and O–H groups in total. The van der Waals surface area contributed by atoms with Gasteiger partial charge in [-0.1, -0.05) is 0 Å². The monoisotopic (exact) mass is 494 g/mol. The van der Waals surface area contributed by atoms with Crippen molar-refractivity contribution in [2.24, 2.45) is 13.0 Å². The third kappa shape index (κ3) is 6.11. The molecule has 5 rings (SSSR count). The highest BCUT2D eigenvalue weighted by atomic mass is 32.2. The molecular weight excluding hydrogens is 464 g/mol. The molecule has 0 atom stereocenters. The van der Waals surface area contributed by atoms with Gasteiger partial charge in [0.2, 0.25) is 5.91 Å². The van der Waals surface area contributed by atoms with E-state index in [0.717, 1.165) is 61.2 Å². The van der Waals surface area contributed by atoms with Crippen LogP contribution < -0.4 is 15.5 Å². The molecule has 2 aliphatic rings. The summed E-state index contributed by atoms with van der Waals surface area (Å²) in [6.07, 6.45) is 3.71. The predicted octanol–water partition coefficient (Wildman–Crippen LogP) is 2.57. The Morgan fingerprint density at radius 2 is 1.89 bits per heavy atom. The SMILES string of the molecule is Cn1nccc1Nc1cc(N2CCN(CCO)CC2)nc(Sc2ccc(NC(=O)C3CC3)cc2)n1. The van der Waals surface area contributed by atoms with E-state index in [9.17, 15) is 9.90 Å². The summed E-state index contributed by atoms with van der Waals surface area (Å²) in [5.74, 6) is 2.69. The number of nitrogens with one attached hydrogen (secondary N) is 2. The number of aryl methyl sites for hydroxylation is 1. The van der Waals surface area contributed by atoms with Crippen LogP contribution in [0.4, 0.5) is 23.1 Å². The third-order valence-corrected chi connectivity index (χ3v) is 7.03. The van der Waals surface area contributed by atoms with Gasteiger partial charge in [-0.2, -0.15) is 5.10 Å². The Hall–Kier alpha value is -3.15. The number of hydrogen-bond donors (Lipinski definition) is 3. The fourth-order valence-electron chi connectivity index (χ4n) is 3.96. The van der Waals surface area contributed by atoms with Crippen LogP contribution in [-0.2, 0) is 11.8 Å². The molecule has 3 aromatic rings. The molecule has 1 aliphatic carbocycles. The van der Waals surface area contributed by atoms with Gasteiger partial charge in [-0.05, 0) is 48.9 Å². The number of piperazine rings is 1. The van der Waals surface area contributed by atoms with Crippen molar-refractivity contribution in [3.05, 3.63) is 42.6 Å². The number of aliphatic hydroxyl groups is 1. The van der Waals surface area contributed by atoms with Gasteiger partial charge in [-0.3, -0.25) is 14.4 Å². The van der Waals surface area contributed by atoms with E-state index >= 15 is 0 Å². The molecule has 10 nitrogen and oxygen atoms in total. The van der Waals surface area contributed by atoms with Crippen LogP contribution in [0.15, 0.2) is 52.6 Å². The van der Waals surface area contributed by atoms with Crippen molar-refractivity contribution >= 4 is 40.8 Å². The van der Waals surface area contributed by atoms with Crippen molar-refractivity contribution in [1.82, 2.24) is 24.6 Å². The first-order valence-corrected chi connectivity index (χ1v) is 12.7. The molecule has 11 heteroatoms. The van der Waals surface area contributed by atoms with Gasteiger partial charge < -0.3 is 20.6 Å². The molecule has 3 heterocycles. The van der Waals surface area contributed by atoms with E-state index in [-0.39, 0.29) is 18.4 Å². The van der Waals surface area contributed by atoms with E-state index in [1.165, 1.54) is 11.8 Å². The van der Waals surface area contributed by atoms with E-state index in [1.54, 1.807) is 10.9 Å². The van der Waals surface area contributed by atoms with Crippen LogP contribution in [0.1, 0.15) is 12.8 Å². The fourth-order valence-corrected chi connectivity index (χ4v) is 4.72. The van der Waals surface area contributed by atoms with Gasteiger partial charge >= 0.3 is 0 Å². The van der Waals surface area contributed by atoms with E-state index < -0.39 is 0 Å². The van der Waals surface area contributed by atoms with Gasteiger partial charge in [0.05, 0.1) is 12.8 Å². The first-order valence-electron chi connectivity index (χ1n) is 11.9. The molecule has 0 unspecified atom stereocenters. The second-order valence-electron chi connectivity index (χ2n) is 8.80. The summed E-state index contributed by atoms with van der Waals surface area (Å²) in [5, 5.41) is 20.4. The Labute approximate surface area is 208 Å². The van der Waals surface area contributed by atoms with Crippen molar-refractivity contribution in [3.63, 3.8) is 0 Å². The first kappa shape index (κ1) is 23.6. The number of rotatable bonds is 9. The average molecular weight is 495 g/mol. The number of carbonyl (C=O) groups excluding carboxylic acids is 1. The van der Waals surface area contributed by atoms with Crippen molar-refractivity contribution in [2.75, 3.05) is 54.9 Å². The Morgan fingerprint density at radius 3 is 2.54 bits per heavy atom. The van der Waals surface area contributed by atoms with Gasteiger partial charge in [0, 0.05) is 68.4 Å². The highest BCUT2D eigenvalue weighted by Gasteiger charge is 2.29. The number of β-amino-alcohol motifs (C(OH)–C–C–N with tert-alkyl or cyclic N) is 1. The fraction of sp³-hybridized carbons (Fsp3) is 0.417. The third-order valence-electron chi connectivity index (χ3n) is 6.16. The Kier molecular flexibility index (Phi) is 7.16. The van der Waals surface area contributed by atoms with Crippen molar-refractivity contribution < 1.29 is 9.90 Å². The van der Waals surface area contributed by atoms with Crippen molar-refractivity contribution in [1.29, 1.82) is 0 Å². The molecule has 1 aromatic carbocycles. The molecule has 1 saturated heterocycles. The van der Waals surface area contributed by atoms with Crippen LogP contribution in [-0.4, -0.2) is 75.0 Å². The number of amides is 1. The zero-order valence-corrected chi connectivity index (χ0v) is 20.5. The molecule has 35 heavy (non-hydrogen) atoms. The molecular formula is C24H30N8O2S. The highest BCUT2D eigenvalue weighted by Crippen LogP contribution is 2.32. The zero-order chi connectivity index (χ0) is 24.2. The number of aliphatic hydroxyl groups excluding tert-OH is 1. The maximum absolute atomic E-state index is 12.0. The molecule has 1 amide bonds. The van der Waals surface area contributed by atoms with Gasteiger partial charge in [0.15, 0.2) is 5.16 Å². The maximum atomic E-state index is 12.0. The highest BCUT2D eigenvalue weighted by molar-refractivity contribution is 7.99. The number of aromatic nitrogens is 4. The number of nitrogens with zero attached hydrogens (tertiary/aromatic N) is 6. The van der Waals surface area contributed by atoms with Crippen LogP contribution in [0, 0.1) is 5.92 Å². The van der Waals surface area contributed by atoms with Crippen LogP contribution in [0.5, 0.6) is 0 Å². The molecule has 0 spiro atoms. The second-order valence-corrected chi connectivity index (χ2v) is 9.84. The molecule has 1 aliphatic heterocycles. The number of carbonyl (C=O) groups is 1. The quantitative estimate of drug-likeness (QED) is 0.387. The van der Waals surface area contributed by atoms with E-state index in [0.29, 0.717) is 17.5 Å². The lowest BCUT2D eigenvalue weighted by Crippen LogP contribution is -2.47. The summed E-state index contributed by atoms with van der Waals surface area (Å²) in [5.41, 5.74) is 0.806. The molecule has 1 saturated carbocycles. The van der Waals surface area contributed by atoms with Crippen LogP contribution in [0.3, 0.4) is 0 Å². The number of hydrogen-bond acceptors (Lipinski definition) is 9. The Balaban J connectivity index is 1.33. The molecule has 0 bridgehead atoms. The molecule has 184 valence electrons. The summed E-state index contributed by atoms with van der Waals surface area (Å²) < 4.78 is 1.76. The lowest BCUT2D eigenvalue weighted by Gasteiger charge is -2.35. The van der Waals surface area contributed by atoms with Crippen molar-refractivity contribution in [2.45, 2.75) is 22.9 Å². The average Bonchev–Trinajstić information content (AvgIpc) is 3.64. The van der Waals surface area contributed by atoms with Crippen LogP contribution in [0.2, 0.25) is 0 Å². The normalized spacial score (nSPS) is 16.3. The summed E-state index contributed by atoms with van der Waals surface area (Å²) in [7, 11) is 1.88. The Bertz CT molecular complexity index is 1160. The minimum absolute atomic E-state index is 0.103. The number of anilines is 4. The summed E-state index contributed by atoms with van der Waals surface area (Å²) in [4.78, 5) is 27.1. The smallest absolute Gasteiger partial charge is 0.227 e. The predicted molar refractivity (Wildman–Crippen MR) is 136 cm³/mol. The van der Waals surface area contributed by atoms with E-state index in [1.807, 2.05) is 43.4 Å². The number of benzene rings is 1. The summed E-state index contributed by atoms with van der Waals surface area (Å²) in [6.45, 7) is 4.31. The Morgan fingerprint density at radius 1 is 1.11 bits per heavy atom. The van der Waals surface area contributed by atoms with Crippen LogP contribution >= 0.6 is 11.8 Å². The topological polar surface area (TPSA) is 111 Å². The van der Waals surface area contributed by atoms with Gasteiger partial charge in [-0.25, -0.2) is 9.97 Å². The van der Waals surface area contributed by atoms with Crippen LogP contribution in [0.25, 0.3) is 0 Å². The minimum atomic E-state index is 0.103. The largest absolute Gasteiger partial charge is 0.395 e. The molecule has 2 fully saturated rings. The van der Waals surface area contributed by atoms with Gasteiger partial charge in [0.1, 0.15) is 17.5 Å². The lowest BCUT2D eigenvalue weighted by atomic mass is 10.3. The molecule has 0 radical (unpaired) electrons. The lowest BCUT2D eigenvalue weighted by molar-refractivity contribution is -0.117. The minimum Gasteiger partial charge on any atom is -0.395 e. The van der Waals surface area contributed by atoms with E-state index in [2.05, 4.69) is 25.5 Å². The van der Waals surface area contributed by atoms with Gasteiger partial charge in [-0.15, -0.1) is 0 Å². The summed E-state index contributed by atoms with van der Waals surface area (Å²) >= 11 is 1.48. The molecule has 2 aromatic heterocycles. The maximum Gasteiger partial charge on any atom is 0.227 e. The van der Waals surface area contributed by atoms with Crippen molar-refractivity contribution in [3.8, 4) is 0 Å². The second kappa shape index (κ2) is 10.6. The van der Waals surface area contributed by atoms with Gasteiger partial charge in [0.25, 0.3) is 0 Å². The standard InChI is InChI=1S/C24H30N8O2S/c1-30-21(8-9-25-30)27-20-16-22(32-12-10-31(11-13-32)14-15-33)29-24(28-20)35-19-6-4-18(5-7-19)26-23(34)17-2-3-17/h4-9,16-17,33H,2-3,10-15H2,1H3,(H,26,34)(H,27,28,29). The summed E-state index contributed by atoms with van der Waals surface area (Å²) in [6, 6.07) is 11.7. The zero-order valence-electron chi connectivity index (χ0n) is 19.7. The first-order chi connectivity index (χ1) is 17.1. The van der Waals surface area contributed by atoms with E-state index in [4.69, 9.17) is 9.97 Å².